The molecule has 1 fully saturated rings. The van der Waals surface area contributed by atoms with Gasteiger partial charge in [0.05, 0.1) is 11.8 Å². The van der Waals surface area contributed by atoms with Gasteiger partial charge >= 0.3 is 5.97 Å². The predicted octanol–water partition coefficient (Wildman–Crippen LogP) is 1.14. The summed E-state index contributed by atoms with van der Waals surface area (Å²) in [6.07, 6.45) is 0. The van der Waals surface area contributed by atoms with E-state index in [4.69, 9.17) is 5.11 Å². The SMILES string of the molecule is Cc1nnc(NC(=O)[C@@H]2[C@H](C(=O)O)C2(C)C)s1. The van der Waals surface area contributed by atoms with Gasteiger partial charge in [0.15, 0.2) is 0 Å². The molecule has 0 saturated heterocycles. The van der Waals surface area contributed by atoms with E-state index in [9.17, 15) is 9.59 Å². The Hall–Kier alpha value is -1.50. The van der Waals surface area contributed by atoms with E-state index in [-0.39, 0.29) is 5.91 Å². The number of rotatable bonds is 3. The van der Waals surface area contributed by atoms with Gasteiger partial charge in [0.2, 0.25) is 11.0 Å². The summed E-state index contributed by atoms with van der Waals surface area (Å²) in [5, 5.41) is 20.3. The molecule has 7 heteroatoms. The average Bonchev–Trinajstić information content (AvgIpc) is 2.54. The Morgan fingerprint density at radius 3 is 2.41 bits per heavy atom. The second kappa shape index (κ2) is 3.76. The van der Waals surface area contributed by atoms with Crippen LogP contribution in [0.4, 0.5) is 5.13 Å². The maximum Gasteiger partial charge on any atom is 0.307 e. The molecule has 1 aliphatic rings. The molecule has 0 spiro atoms. The van der Waals surface area contributed by atoms with Crippen LogP contribution in [0.3, 0.4) is 0 Å². The molecule has 17 heavy (non-hydrogen) atoms. The predicted molar refractivity (Wildman–Crippen MR) is 61.7 cm³/mol. The largest absolute Gasteiger partial charge is 0.481 e. The lowest BCUT2D eigenvalue weighted by atomic mass is 10.1. The Morgan fingerprint density at radius 1 is 1.35 bits per heavy atom. The van der Waals surface area contributed by atoms with Crippen LogP contribution in [0.5, 0.6) is 0 Å². The summed E-state index contributed by atoms with van der Waals surface area (Å²) in [6, 6.07) is 0. The van der Waals surface area contributed by atoms with E-state index in [0.29, 0.717) is 5.13 Å². The number of carbonyl (C=O) groups is 2. The molecule has 2 rings (SSSR count). The first-order chi connectivity index (χ1) is 7.84. The lowest BCUT2D eigenvalue weighted by molar-refractivity contribution is -0.140. The molecule has 2 N–H and O–H groups in total. The Morgan fingerprint density at radius 2 is 2.00 bits per heavy atom. The number of carboxylic acid groups (broad SMARTS) is 1. The van der Waals surface area contributed by atoms with Gasteiger partial charge in [-0.3, -0.25) is 9.59 Å². The molecule has 1 aliphatic carbocycles. The minimum Gasteiger partial charge on any atom is -0.481 e. The number of aliphatic carboxylic acids is 1. The Bertz CT molecular complexity index is 483. The number of aromatic nitrogens is 2. The average molecular weight is 255 g/mol. The molecular weight excluding hydrogens is 242 g/mol. The number of carboxylic acids is 1. The molecule has 2 atom stereocenters. The smallest absolute Gasteiger partial charge is 0.307 e. The lowest BCUT2D eigenvalue weighted by Gasteiger charge is -2.01. The number of carbonyl (C=O) groups excluding carboxylic acids is 1. The highest BCUT2D eigenvalue weighted by molar-refractivity contribution is 7.15. The van der Waals surface area contributed by atoms with Gasteiger partial charge in [-0.25, -0.2) is 0 Å². The van der Waals surface area contributed by atoms with Gasteiger partial charge in [-0.05, 0) is 12.3 Å². The molecule has 0 aromatic carbocycles. The fourth-order valence-electron chi connectivity index (χ4n) is 2.12. The number of hydrogen-bond acceptors (Lipinski definition) is 5. The van der Waals surface area contributed by atoms with Crippen LogP contribution >= 0.6 is 11.3 Å². The zero-order valence-corrected chi connectivity index (χ0v) is 10.5. The van der Waals surface area contributed by atoms with Crippen molar-refractivity contribution in [3.63, 3.8) is 0 Å². The second-order valence-corrected chi connectivity index (χ2v) is 5.91. The molecule has 1 heterocycles. The topological polar surface area (TPSA) is 92.2 Å². The van der Waals surface area contributed by atoms with E-state index in [1.165, 1.54) is 11.3 Å². The van der Waals surface area contributed by atoms with Crippen molar-refractivity contribution in [3.05, 3.63) is 5.01 Å². The Labute approximate surface area is 102 Å². The van der Waals surface area contributed by atoms with E-state index < -0.39 is 23.2 Å². The van der Waals surface area contributed by atoms with Gasteiger partial charge in [0.25, 0.3) is 0 Å². The van der Waals surface area contributed by atoms with Crippen LogP contribution in [-0.2, 0) is 9.59 Å². The standard InChI is InChI=1S/C10H13N3O3S/c1-4-12-13-9(17-4)11-7(14)5-6(8(15)16)10(5,2)3/h5-6H,1-3H3,(H,15,16)(H,11,13,14)/t5-,6+/m0/s1. The van der Waals surface area contributed by atoms with Gasteiger partial charge in [-0.15, -0.1) is 10.2 Å². The molecule has 0 radical (unpaired) electrons. The molecule has 0 aliphatic heterocycles. The van der Waals surface area contributed by atoms with Crippen LogP contribution in [0.15, 0.2) is 0 Å². The quantitative estimate of drug-likeness (QED) is 0.845. The van der Waals surface area contributed by atoms with Crippen LogP contribution in [-0.4, -0.2) is 27.2 Å². The summed E-state index contributed by atoms with van der Waals surface area (Å²) < 4.78 is 0. The first-order valence-electron chi connectivity index (χ1n) is 5.18. The van der Waals surface area contributed by atoms with Crippen molar-refractivity contribution in [2.75, 3.05) is 5.32 Å². The van der Waals surface area contributed by atoms with E-state index in [1.807, 2.05) is 0 Å². The van der Waals surface area contributed by atoms with Gasteiger partial charge in [-0.1, -0.05) is 25.2 Å². The fraction of sp³-hybridized carbons (Fsp3) is 0.600. The van der Waals surface area contributed by atoms with E-state index in [1.54, 1.807) is 20.8 Å². The van der Waals surface area contributed by atoms with Crippen molar-refractivity contribution in [2.45, 2.75) is 20.8 Å². The molecule has 1 saturated carbocycles. The third kappa shape index (κ3) is 2.02. The third-order valence-electron chi connectivity index (χ3n) is 3.13. The van der Waals surface area contributed by atoms with Gasteiger partial charge < -0.3 is 10.4 Å². The van der Waals surface area contributed by atoms with Crippen LogP contribution in [0.25, 0.3) is 0 Å². The Kier molecular flexibility index (Phi) is 2.65. The fourth-order valence-corrected chi connectivity index (χ4v) is 2.71. The number of anilines is 1. The minimum absolute atomic E-state index is 0.293. The van der Waals surface area contributed by atoms with Crippen LogP contribution in [0.1, 0.15) is 18.9 Å². The number of nitrogens with zero attached hydrogens (tertiary/aromatic N) is 2. The first kappa shape index (κ1) is 12.0. The highest BCUT2D eigenvalue weighted by Gasteiger charge is 2.65. The second-order valence-electron chi connectivity index (χ2n) is 4.73. The maximum absolute atomic E-state index is 11.9. The normalized spacial score (nSPS) is 25.4. The van der Waals surface area contributed by atoms with Crippen LogP contribution in [0.2, 0.25) is 0 Å². The summed E-state index contributed by atoms with van der Waals surface area (Å²) in [6.45, 7) is 5.34. The third-order valence-corrected chi connectivity index (χ3v) is 3.89. The van der Waals surface area contributed by atoms with Crippen LogP contribution < -0.4 is 5.32 Å². The van der Waals surface area contributed by atoms with Crippen molar-refractivity contribution in [3.8, 4) is 0 Å². The summed E-state index contributed by atoms with van der Waals surface area (Å²) >= 11 is 1.27. The molecule has 1 aromatic heterocycles. The zero-order valence-electron chi connectivity index (χ0n) is 9.72. The molecule has 6 nitrogen and oxygen atoms in total. The van der Waals surface area contributed by atoms with Crippen molar-refractivity contribution in [1.29, 1.82) is 0 Å². The van der Waals surface area contributed by atoms with Gasteiger partial charge in [0.1, 0.15) is 5.01 Å². The lowest BCUT2D eigenvalue weighted by Crippen LogP contribution is -2.17. The minimum atomic E-state index is -0.927. The monoisotopic (exact) mass is 255 g/mol. The van der Waals surface area contributed by atoms with E-state index in [0.717, 1.165) is 5.01 Å². The molecular formula is C10H13N3O3S. The number of hydrogen-bond donors (Lipinski definition) is 2. The molecule has 92 valence electrons. The molecule has 0 bridgehead atoms. The number of amides is 1. The summed E-state index contributed by atoms with van der Waals surface area (Å²) in [7, 11) is 0. The van der Waals surface area contributed by atoms with Crippen molar-refractivity contribution < 1.29 is 14.7 Å². The molecule has 0 unspecified atom stereocenters. The Balaban J connectivity index is 2.05. The van der Waals surface area contributed by atoms with Crippen molar-refractivity contribution >= 4 is 28.3 Å². The van der Waals surface area contributed by atoms with Gasteiger partial charge in [0, 0.05) is 0 Å². The van der Waals surface area contributed by atoms with Gasteiger partial charge in [-0.2, -0.15) is 0 Å². The molecule has 1 amide bonds. The van der Waals surface area contributed by atoms with Crippen molar-refractivity contribution in [1.82, 2.24) is 10.2 Å². The summed E-state index contributed by atoms with van der Waals surface area (Å²) in [5.41, 5.74) is -0.490. The highest BCUT2D eigenvalue weighted by atomic mass is 32.1. The molecule has 1 aromatic rings. The first-order valence-corrected chi connectivity index (χ1v) is 5.99. The summed E-state index contributed by atoms with van der Waals surface area (Å²) in [4.78, 5) is 22.8. The van der Waals surface area contributed by atoms with Crippen LogP contribution in [0, 0.1) is 24.2 Å². The maximum atomic E-state index is 11.9. The summed E-state index contributed by atoms with van der Waals surface area (Å²) in [5.74, 6) is -2.33. The number of nitrogens with one attached hydrogen (secondary N) is 1. The van der Waals surface area contributed by atoms with E-state index in [2.05, 4.69) is 15.5 Å². The van der Waals surface area contributed by atoms with Crippen molar-refractivity contribution in [2.24, 2.45) is 17.3 Å². The number of aryl methyl sites for hydroxylation is 1. The zero-order chi connectivity index (χ0) is 12.8. The van der Waals surface area contributed by atoms with E-state index >= 15 is 0 Å². The highest BCUT2D eigenvalue weighted by Crippen LogP contribution is 2.58.